The van der Waals surface area contributed by atoms with E-state index in [2.05, 4.69) is 4.72 Å². The molecule has 0 amide bonds. The van der Waals surface area contributed by atoms with E-state index in [1.165, 1.54) is 0 Å². The molecule has 1 saturated carbocycles. The lowest BCUT2D eigenvalue weighted by Crippen LogP contribution is -2.50. The molecule has 0 spiro atoms. The highest BCUT2D eigenvalue weighted by Gasteiger charge is 2.47. The highest BCUT2D eigenvalue weighted by Crippen LogP contribution is 2.42. The molecule has 6 nitrogen and oxygen atoms in total. The molecule has 21 heavy (non-hydrogen) atoms. The van der Waals surface area contributed by atoms with E-state index in [4.69, 9.17) is 4.74 Å². The fourth-order valence-electron chi connectivity index (χ4n) is 2.85. The van der Waals surface area contributed by atoms with Crippen molar-refractivity contribution in [3.63, 3.8) is 0 Å². The standard InChI is InChI=1S/C12H19F2NO5S/c13-12(14)5-8(6-12)7-21(18,19)15-10(11(16)17)9-1-3-20-4-2-9/h8-10,15H,1-7H2,(H,16,17). The Bertz CT molecular complexity index is 482. The number of sulfonamides is 1. The molecule has 2 N–H and O–H groups in total. The lowest BCUT2D eigenvalue weighted by molar-refractivity contribution is -0.141. The number of rotatable bonds is 6. The number of carboxylic acid groups (broad SMARTS) is 1. The summed E-state index contributed by atoms with van der Waals surface area (Å²) in [7, 11) is -3.89. The van der Waals surface area contributed by atoms with Gasteiger partial charge in [-0.2, -0.15) is 0 Å². The number of aliphatic carboxylic acids is 1. The lowest BCUT2D eigenvalue weighted by atomic mass is 9.83. The van der Waals surface area contributed by atoms with Gasteiger partial charge < -0.3 is 9.84 Å². The molecule has 0 radical (unpaired) electrons. The summed E-state index contributed by atoms with van der Waals surface area (Å²) in [6.45, 7) is 0.788. The fourth-order valence-corrected chi connectivity index (χ4v) is 4.48. The zero-order chi connectivity index (χ0) is 15.7. The van der Waals surface area contributed by atoms with Crippen molar-refractivity contribution in [3.05, 3.63) is 0 Å². The van der Waals surface area contributed by atoms with Gasteiger partial charge in [0, 0.05) is 26.1 Å². The van der Waals surface area contributed by atoms with Crippen molar-refractivity contribution in [1.29, 1.82) is 0 Å². The molecule has 0 aromatic heterocycles. The maximum Gasteiger partial charge on any atom is 0.322 e. The lowest BCUT2D eigenvalue weighted by Gasteiger charge is -2.35. The number of carboxylic acids is 1. The number of alkyl halides is 2. The van der Waals surface area contributed by atoms with Crippen LogP contribution in [0.4, 0.5) is 8.78 Å². The van der Waals surface area contributed by atoms with Gasteiger partial charge in [0.25, 0.3) is 0 Å². The third kappa shape index (κ3) is 4.58. The average Bonchev–Trinajstić information content (AvgIpc) is 2.34. The molecule has 1 atom stereocenters. The SMILES string of the molecule is O=C(O)C(NS(=O)(=O)CC1CC(F)(F)C1)C1CCOCC1. The molecule has 1 saturated heterocycles. The summed E-state index contributed by atoms with van der Waals surface area (Å²) in [5.41, 5.74) is 0. The number of hydrogen-bond acceptors (Lipinski definition) is 4. The minimum absolute atomic E-state index is 0.339. The van der Waals surface area contributed by atoms with Crippen molar-refractivity contribution in [2.24, 2.45) is 11.8 Å². The van der Waals surface area contributed by atoms with Crippen LogP contribution in [0.1, 0.15) is 25.7 Å². The minimum atomic E-state index is -3.89. The zero-order valence-electron chi connectivity index (χ0n) is 11.4. The van der Waals surface area contributed by atoms with Gasteiger partial charge in [0.05, 0.1) is 5.75 Å². The van der Waals surface area contributed by atoms with Crippen LogP contribution < -0.4 is 4.72 Å². The maximum atomic E-state index is 12.7. The van der Waals surface area contributed by atoms with E-state index in [9.17, 15) is 27.1 Å². The average molecular weight is 327 g/mol. The van der Waals surface area contributed by atoms with Crippen LogP contribution in [0.25, 0.3) is 0 Å². The summed E-state index contributed by atoms with van der Waals surface area (Å²) < 4.78 is 56.6. The molecule has 1 aliphatic heterocycles. The molecule has 2 fully saturated rings. The number of nitrogens with one attached hydrogen (secondary N) is 1. The Balaban J connectivity index is 1.94. The molecule has 1 unspecified atom stereocenters. The van der Waals surface area contributed by atoms with Crippen molar-refractivity contribution in [2.45, 2.75) is 37.6 Å². The molecule has 0 aromatic carbocycles. The number of carbonyl (C=O) groups is 1. The van der Waals surface area contributed by atoms with Crippen LogP contribution in [0, 0.1) is 11.8 Å². The van der Waals surface area contributed by atoms with E-state index >= 15 is 0 Å². The van der Waals surface area contributed by atoms with Crippen LogP contribution >= 0.6 is 0 Å². The van der Waals surface area contributed by atoms with Crippen LogP contribution in [0.15, 0.2) is 0 Å². The monoisotopic (exact) mass is 327 g/mol. The van der Waals surface area contributed by atoms with E-state index < -0.39 is 52.5 Å². The normalized spacial score (nSPS) is 25.2. The summed E-state index contributed by atoms with van der Waals surface area (Å²) in [4.78, 5) is 11.3. The van der Waals surface area contributed by atoms with E-state index in [0.29, 0.717) is 26.1 Å². The first-order valence-corrected chi connectivity index (χ1v) is 8.52. The quantitative estimate of drug-likeness (QED) is 0.754. The first-order chi connectivity index (χ1) is 9.69. The van der Waals surface area contributed by atoms with E-state index in [1.807, 2.05) is 0 Å². The second-order valence-electron chi connectivity index (χ2n) is 5.80. The van der Waals surface area contributed by atoms with Gasteiger partial charge in [0.1, 0.15) is 6.04 Å². The van der Waals surface area contributed by atoms with Gasteiger partial charge in [-0.25, -0.2) is 21.9 Å². The Morgan fingerprint density at radius 2 is 1.90 bits per heavy atom. The van der Waals surface area contributed by atoms with Gasteiger partial charge in [-0.15, -0.1) is 0 Å². The van der Waals surface area contributed by atoms with Crippen LogP contribution in [0.2, 0.25) is 0 Å². The third-order valence-corrected chi connectivity index (χ3v) is 5.46. The smallest absolute Gasteiger partial charge is 0.322 e. The zero-order valence-corrected chi connectivity index (χ0v) is 12.2. The van der Waals surface area contributed by atoms with Crippen LogP contribution in [0.5, 0.6) is 0 Å². The van der Waals surface area contributed by atoms with E-state index in [1.54, 1.807) is 0 Å². The second kappa shape index (κ2) is 6.13. The van der Waals surface area contributed by atoms with Crippen LogP contribution in [-0.4, -0.2) is 50.4 Å². The summed E-state index contributed by atoms with van der Waals surface area (Å²) in [5.74, 6) is -5.43. The molecule has 1 aliphatic carbocycles. The predicted octanol–water partition coefficient (Wildman–Crippen LogP) is 0.831. The summed E-state index contributed by atoms with van der Waals surface area (Å²) in [6, 6.07) is -1.22. The molecule has 0 bridgehead atoms. The number of hydrogen-bond donors (Lipinski definition) is 2. The molecule has 122 valence electrons. The largest absolute Gasteiger partial charge is 0.480 e. The van der Waals surface area contributed by atoms with E-state index in [0.717, 1.165) is 0 Å². The summed E-state index contributed by atoms with van der Waals surface area (Å²) >= 11 is 0. The van der Waals surface area contributed by atoms with Crippen molar-refractivity contribution < 1.29 is 31.8 Å². The van der Waals surface area contributed by atoms with Crippen molar-refractivity contribution in [1.82, 2.24) is 4.72 Å². The van der Waals surface area contributed by atoms with Gasteiger partial charge in [-0.1, -0.05) is 0 Å². The van der Waals surface area contributed by atoms with Gasteiger partial charge in [-0.3, -0.25) is 4.79 Å². The van der Waals surface area contributed by atoms with Crippen molar-refractivity contribution in [3.8, 4) is 0 Å². The van der Waals surface area contributed by atoms with Gasteiger partial charge in [0.2, 0.25) is 15.9 Å². The van der Waals surface area contributed by atoms with Crippen molar-refractivity contribution in [2.75, 3.05) is 19.0 Å². The first kappa shape index (κ1) is 16.6. The van der Waals surface area contributed by atoms with E-state index in [-0.39, 0.29) is 5.92 Å². The molecule has 2 aliphatic rings. The Labute approximate surface area is 121 Å². The Kier molecular flexibility index (Phi) is 4.84. The molecule has 2 rings (SSSR count). The van der Waals surface area contributed by atoms with Crippen molar-refractivity contribution >= 4 is 16.0 Å². The van der Waals surface area contributed by atoms with Gasteiger partial charge in [0.15, 0.2) is 0 Å². The highest BCUT2D eigenvalue weighted by molar-refractivity contribution is 7.89. The topological polar surface area (TPSA) is 92.7 Å². The Hall–Kier alpha value is -0.800. The van der Waals surface area contributed by atoms with Crippen LogP contribution in [-0.2, 0) is 19.6 Å². The number of ether oxygens (including phenoxy) is 1. The molecule has 9 heteroatoms. The highest BCUT2D eigenvalue weighted by atomic mass is 32.2. The second-order valence-corrected chi connectivity index (χ2v) is 7.59. The first-order valence-electron chi connectivity index (χ1n) is 6.87. The van der Waals surface area contributed by atoms with Gasteiger partial charge >= 0.3 is 5.97 Å². The fraction of sp³-hybridized carbons (Fsp3) is 0.917. The van der Waals surface area contributed by atoms with Crippen LogP contribution in [0.3, 0.4) is 0 Å². The molecule has 0 aromatic rings. The summed E-state index contributed by atoms with van der Waals surface area (Å²) in [6.07, 6.45) is 0.00774. The molecule has 1 heterocycles. The van der Waals surface area contributed by atoms with Gasteiger partial charge in [-0.05, 0) is 24.7 Å². The molecular weight excluding hydrogens is 308 g/mol. The summed E-state index contributed by atoms with van der Waals surface area (Å²) in [5, 5.41) is 9.19. The Morgan fingerprint density at radius 3 is 2.38 bits per heavy atom. The maximum absolute atomic E-state index is 12.7. The predicted molar refractivity (Wildman–Crippen MR) is 69.6 cm³/mol. The minimum Gasteiger partial charge on any atom is -0.480 e. The third-order valence-electron chi connectivity index (χ3n) is 3.94. The molecular formula is C12H19F2NO5S. The Morgan fingerprint density at radius 1 is 1.33 bits per heavy atom. The number of halogens is 2.